The maximum absolute atomic E-state index is 12.8. The first-order valence-electron chi connectivity index (χ1n) is 10.2. The Morgan fingerprint density at radius 2 is 2.03 bits per heavy atom. The fourth-order valence-electron chi connectivity index (χ4n) is 4.42. The number of carbonyl (C=O) groups is 2. The van der Waals surface area contributed by atoms with Crippen molar-refractivity contribution in [3.05, 3.63) is 53.3 Å². The normalized spacial score (nSPS) is 25.4. The van der Waals surface area contributed by atoms with Crippen LogP contribution in [0.3, 0.4) is 0 Å². The number of nitrogens with zero attached hydrogens (tertiary/aromatic N) is 2. The van der Waals surface area contributed by atoms with Gasteiger partial charge in [0.15, 0.2) is 12.8 Å². The van der Waals surface area contributed by atoms with Gasteiger partial charge in [0.1, 0.15) is 6.54 Å². The molecule has 0 bridgehead atoms. The largest absolute Gasteiger partial charge is 0.466 e. The quantitative estimate of drug-likeness (QED) is 0.434. The number of hydrogen-bond acceptors (Lipinski definition) is 5. The number of hydrogen-bond donors (Lipinski definition) is 0. The van der Waals surface area contributed by atoms with E-state index in [9.17, 15) is 9.59 Å². The minimum Gasteiger partial charge on any atom is -0.466 e. The standard InChI is InChI=1S/C23H27N2O5/c1-15-6-4-5-7-19(15)24-10-12-25(13-11-24)23(27)30-22-20-16(2)8-9-17(20)18(14-29-22)21(26)28-3/h4-8,10,14,17,20,22H,9,11-13H2,1-3H3/q+1. The highest BCUT2D eigenvalue weighted by molar-refractivity contribution is 5.89. The molecule has 0 fully saturated rings. The summed E-state index contributed by atoms with van der Waals surface area (Å²) in [4.78, 5) is 26.5. The summed E-state index contributed by atoms with van der Waals surface area (Å²) in [6, 6.07) is 8.19. The summed E-state index contributed by atoms with van der Waals surface area (Å²) < 4.78 is 18.4. The van der Waals surface area contributed by atoms with E-state index in [4.69, 9.17) is 14.2 Å². The van der Waals surface area contributed by atoms with Gasteiger partial charge in [0, 0.05) is 17.5 Å². The summed E-state index contributed by atoms with van der Waals surface area (Å²) in [5, 5.41) is 0. The van der Waals surface area contributed by atoms with Gasteiger partial charge in [-0.2, -0.15) is 4.58 Å². The summed E-state index contributed by atoms with van der Waals surface area (Å²) in [6.45, 7) is 5.77. The zero-order valence-corrected chi connectivity index (χ0v) is 17.5. The Morgan fingerprint density at radius 3 is 2.73 bits per heavy atom. The van der Waals surface area contributed by atoms with Crippen LogP contribution < -0.4 is 0 Å². The Bertz CT molecular complexity index is 949. The SMILES string of the molecule is COC(=O)C1=COC(OC(=O)N2CC=[N+](c3ccccc3C)CC2)C2C(C)=CCC12. The van der Waals surface area contributed by atoms with E-state index in [2.05, 4.69) is 29.7 Å². The molecule has 0 N–H and O–H groups in total. The number of rotatable bonds is 3. The summed E-state index contributed by atoms with van der Waals surface area (Å²) >= 11 is 0. The molecule has 0 spiro atoms. The fraction of sp³-hybridized carbons (Fsp3) is 0.435. The Hall–Kier alpha value is -3.09. The molecule has 158 valence electrons. The minimum absolute atomic E-state index is 0.0894. The summed E-state index contributed by atoms with van der Waals surface area (Å²) in [5.41, 5.74) is 3.89. The molecule has 0 radical (unpaired) electrons. The highest BCUT2D eigenvalue weighted by Gasteiger charge is 2.45. The Kier molecular flexibility index (Phi) is 5.61. The fourth-order valence-corrected chi connectivity index (χ4v) is 4.42. The van der Waals surface area contributed by atoms with E-state index in [1.807, 2.05) is 25.3 Å². The molecule has 3 atom stereocenters. The Balaban J connectivity index is 1.43. The van der Waals surface area contributed by atoms with Crippen LogP contribution in [0.15, 0.2) is 47.7 Å². The van der Waals surface area contributed by atoms with Gasteiger partial charge in [0.2, 0.25) is 5.69 Å². The van der Waals surface area contributed by atoms with Crippen LogP contribution in [0.5, 0.6) is 0 Å². The molecule has 2 heterocycles. The Morgan fingerprint density at radius 1 is 1.23 bits per heavy atom. The van der Waals surface area contributed by atoms with Crippen molar-refractivity contribution in [1.29, 1.82) is 0 Å². The van der Waals surface area contributed by atoms with Crippen molar-refractivity contribution in [2.75, 3.05) is 26.7 Å². The van der Waals surface area contributed by atoms with Gasteiger partial charge in [0.05, 0.1) is 31.4 Å². The number of fused-ring (bicyclic) bond motifs is 1. The van der Waals surface area contributed by atoms with Gasteiger partial charge >= 0.3 is 12.1 Å². The second kappa shape index (κ2) is 8.34. The highest BCUT2D eigenvalue weighted by Crippen LogP contribution is 2.43. The molecule has 7 heteroatoms. The van der Waals surface area contributed by atoms with Crippen LogP contribution in [0.1, 0.15) is 18.9 Å². The molecule has 1 aromatic carbocycles. The van der Waals surface area contributed by atoms with Gasteiger partial charge in [-0.15, -0.1) is 0 Å². The van der Waals surface area contributed by atoms with Crippen LogP contribution in [-0.2, 0) is 19.0 Å². The molecular formula is C23H27N2O5+. The molecule has 0 aromatic heterocycles. The predicted molar refractivity (Wildman–Crippen MR) is 110 cm³/mol. The smallest absolute Gasteiger partial charge is 0.413 e. The van der Waals surface area contributed by atoms with Gasteiger partial charge in [-0.25, -0.2) is 9.59 Å². The number of esters is 1. The molecule has 7 nitrogen and oxygen atoms in total. The monoisotopic (exact) mass is 411 g/mol. The lowest BCUT2D eigenvalue weighted by Gasteiger charge is -2.35. The molecule has 3 aliphatic rings. The topological polar surface area (TPSA) is 68.1 Å². The van der Waals surface area contributed by atoms with Crippen molar-refractivity contribution in [2.45, 2.75) is 26.6 Å². The van der Waals surface area contributed by atoms with E-state index in [1.54, 1.807) is 4.90 Å². The maximum Gasteiger partial charge on any atom is 0.413 e. The van der Waals surface area contributed by atoms with E-state index >= 15 is 0 Å². The van der Waals surface area contributed by atoms with Gasteiger partial charge in [0.25, 0.3) is 6.29 Å². The number of carbonyl (C=O) groups excluding carboxylic acids is 2. The average Bonchev–Trinajstić information content (AvgIpc) is 3.16. The van der Waals surface area contributed by atoms with Gasteiger partial charge < -0.3 is 14.2 Å². The van der Waals surface area contributed by atoms with Gasteiger partial charge in [-0.05, 0) is 20.3 Å². The molecule has 4 rings (SSSR count). The van der Waals surface area contributed by atoms with Crippen molar-refractivity contribution in [3.8, 4) is 0 Å². The number of amides is 1. The lowest BCUT2D eigenvalue weighted by atomic mass is 9.84. The van der Waals surface area contributed by atoms with Crippen LogP contribution in [0.2, 0.25) is 0 Å². The van der Waals surface area contributed by atoms with Crippen LogP contribution in [0.4, 0.5) is 10.5 Å². The van der Waals surface area contributed by atoms with Crippen molar-refractivity contribution in [2.24, 2.45) is 11.8 Å². The summed E-state index contributed by atoms with van der Waals surface area (Å²) in [6.07, 6.45) is 5.01. The van der Waals surface area contributed by atoms with E-state index in [1.165, 1.54) is 18.9 Å². The van der Waals surface area contributed by atoms with Crippen molar-refractivity contribution >= 4 is 24.0 Å². The molecule has 1 amide bonds. The molecule has 1 aromatic rings. The van der Waals surface area contributed by atoms with Crippen molar-refractivity contribution in [1.82, 2.24) is 4.90 Å². The first-order chi connectivity index (χ1) is 14.5. The zero-order chi connectivity index (χ0) is 21.3. The third kappa shape index (κ3) is 3.72. The van der Waals surface area contributed by atoms with Gasteiger partial charge in [-0.3, -0.25) is 4.90 Å². The van der Waals surface area contributed by atoms with Gasteiger partial charge in [-0.1, -0.05) is 29.8 Å². The Labute approximate surface area is 176 Å². The molecule has 1 aliphatic carbocycles. The second-order valence-electron chi connectivity index (χ2n) is 7.88. The molecule has 3 unspecified atom stereocenters. The lowest BCUT2D eigenvalue weighted by molar-refractivity contribution is -0.443. The maximum atomic E-state index is 12.8. The highest BCUT2D eigenvalue weighted by atomic mass is 16.7. The minimum atomic E-state index is -0.746. The van der Waals surface area contributed by atoms with Crippen LogP contribution in [-0.4, -0.2) is 60.8 Å². The van der Waals surface area contributed by atoms with Crippen LogP contribution >= 0.6 is 0 Å². The third-order valence-electron chi connectivity index (χ3n) is 6.13. The van der Waals surface area contributed by atoms with E-state index in [0.717, 1.165) is 11.3 Å². The van der Waals surface area contributed by atoms with Crippen LogP contribution in [0, 0.1) is 18.8 Å². The molecular weight excluding hydrogens is 384 g/mol. The second-order valence-corrected chi connectivity index (χ2v) is 7.88. The number of ether oxygens (including phenoxy) is 3. The number of allylic oxidation sites excluding steroid dienone is 1. The number of aryl methyl sites for hydroxylation is 1. The predicted octanol–water partition coefficient (Wildman–Crippen LogP) is 3.16. The molecule has 2 aliphatic heterocycles. The summed E-state index contributed by atoms with van der Waals surface area (Å²) in [5.74, 6) is -0.668. The first-order valence-corrected chi connectivity index (χ1v) is 10.2. The van der Waals surface area contributed by atoms with Crippen LogP contribution in [0.25, 0.3) is 0 Å². The summed E-state index contributed by atoms with van der Waals surface area (Å²) in [7, 11) is 1.35. The van der Waals surface area contributed by atoms with E-state index in [0.29, 0.717) is 31.6 Å². The average molecular weight is 411 g/mol. The number of para-hydroxylation sites is 1. The van der Waals surface area contributed by atoms with Crippen molar-refractivity contribution < 1.29 is 28.4 Å². The third-order valence-corrected chi connectivity index (χ3v) is 6.13. The number of benzene rings is 1. The number of methoxy groups -OCH3 is 1. The van der Waals surface area contributed by atoms with E-state index in [-0.39, 0.29) is 11.8 Å². The molecule has 30 heavy (non-hydrogen) atoms. The van der Waals surface area contributed by atoms with E-state index < -0.39 is 18.4 Å². The van der Waals surface area contributed by atoms with Crippen molar-refractivity contribution in [3.63, 3.8) is 0 Å². The first kappa shape index (κ1) is 20.2. The molecule has 0 saturated carbocycles. The lowest BCUT2D eigenvalue weighted by Crippen LogP contribution is -2.46. The zero-order valence-electron chi connectivity index (χ0n) is 17.5. The molecule has 0 saturated heterocycles.